The number of nitrogens with one attached hydrogen (secondary N) is 1. The van der Waals surface area contributed by atoms with E-state index in [9.17, 15) is 9.59 Å². The second-order valence-corrected chi connectivity index (χ2v) is 5.82. The Hall–Kier alpha value is -1.34. The molecule has 0 aromatic heterocycles. The Bertz CT molecular complexity index is 364. The number of hydrogen-bond acceptors (Lipinski definition) is 4. The van der Waals surface area contributed by atoms with E-state index in [2.05, 4.69) is 29.2 Å². The minimum absolute atomic E-state index is 0.0344. The molecule has 0 radical (unpaired) electrons. The molecule has 0 aliphatic carbocycles. The van der Waals surface area contributed by atoms with Crippen LogP contribution < -0.4 is 5.32 Å². The maximum absolute atomic E-state index is 12.2. The van der Waals surface area contributed by atoms with Crippen LogP contribution in [0.4, 0.5) is 4.79 Å². The average Bonchev–Trinajstić information content (AvgIpc) is 2.39. The zero-order valence-electron chi connectivity index (χ0n) is 13.5. The molecule has 21 heavy (non-hydrogen) atoms. The molecule has 1 saturated heterocycles. The van der Waals surface area contributed by atoms with Gasteiger partial charge < -0.3 is 20.2 Å². The smallest absolute Gasteiger partial charge is 0.317 e. The first-order valence-corrected chi connectivity index (χ1v) is 7.50. The van der Waals surface area contributed by atoms with E-state index in [0.717, 1.165) is 19.6 Å². The third-order valence-corrected chi connectivity index (χ3v) is 4.07. The number of carbonyl (C=O) groups excluding carboxylic acids is 1. The van der Waals surface area contributed by atoms with Gasteiger partial charge in [0, 0.05) is 44.8 Å². The van der Waals surface area contributed by atoms with Crippen molar-refractivity contribution in [2.24, 2.45) is 0 Å². The molecule has 1 heterocycles. The summed E-state index contributed by atoms with van der Waals surface area (Å²) in [5.74, 6) is -0.887. The van der Waals surface area contributed by atoms with E-state index in [1.165, 1.54) is 0 Å². The van der Waals surface area contributed by atoms with Gasteiger partial charge in [-0.3, -0.25) is 9.69 Å². The molecule has 1 rings (SSSR count). The highest BCUT2D eigenvalue weighted by Crippen LogP contribution is 2.07. The van der Waals surface area contributed by atoms with Crippen LogP contribution in [-0.2, 0) is 4.79 Å². The molecule has 2 amide bonds. The quantitative estimate of drug-likeness (QED) is 0.729. The maximum atomic E-state index is 12.2. The number of likely N-dealkylation sites (N-methyl/N-ethyl adjacent to an activating group) is 2. The normalized spacial score (nSPS) is 21.8. The fraction of sp³-hybridized carbons (Fsp3) is 0.857. The topological polar surface area (TPSA) is 76.1 Å². The van der Waals surface area contributed by atoms with Crippen molar-refractivity contribution in [3.05, 3.63) is 0 Å². The SMILES string of the molecule is CCN(C(=O)NCC1CN(C)CCN1C)C(C)CC(=O)O. The summed E-state index contributed by atoms with van der Waals surface area (Å²) in [6.07, 6.45) is -0.0344. The summed E-state index contributed by atoms with van der Waals surface area (Å²) < 4.78 is 0. The van der Waals surface area contributed by atoms with Gasteiger partial charge in [0.2, 0.25) is 0 Å². The second kappa shape index (κ2) is 8.19. The van der Waals surface area contributed by atoms with Crippen molar-refractivity contribution in [1.29, 1.82) is 0 Å². The molecule has 2 N–H and O–H groups in total. The summed E-state index contributed by atoms with van der Waals surface area (Å²) in [4.78, 5) is 29.1. The van der Waals surface area contributed by atoms with Gasteiger partial charge in [-0.15, -0.1) is 0 Å². The summed E-state index contributed by atoms with van der Waals surface area (Å²) in [5.41, 5.74) is 0. The first-order valence-electron chi connectivity index (χ1n) is 7.50. The largest absolute Gasteiger partial charge is 0.481 e. The van der Waals surface area contributed by atoms with Gasteiger partial charge in [-0.25, -0.2) is 4.79 Å². The van der Waals surface area contributed by atoms with Gasteiger partial charge in [0.25, 0.3) is 0 Å². The van der Waals surface area contributed by atoms with Crippen LogP contribution in [0.15, 0.2) is 0 Å². The average molecular weight is 300 g/mol. The summed E-state index contributed by atoms with van der Waals surface area (Å²) in [6.45, 7) is 7.65. The molecular weight excluding hydrogens is 272 g/mol. The van der Waals surface area contributed by atoms with E-state index in [0.29, 0.717) is 19.1 Å². The second-order valence-electron chi connectivity index (χ2n) is 5.82. The first kappa shape index (κ1) is 17.7. The van der Waals surface area contributed by atoms with Crippen LogP contribution in [0.2, 0.25) is 0 Å². The van der Waals surface area contributed by atoms with Crippen molar-refractivity contribution < 1.29 is 14.7 Å². The number of carbonyl (C=O) groups is 2. The van der Waals surface area contributed by atoms with Crippen LogP contribution in [-0.4, -0.2) is 90.7 Å². The van der Waals surface area contributed by atoms with Crippen LogP contribution in [0.5, 0.6) is 0 Å². The van der Waals surface area contributed by atoms with E-state index in [-0.39, 0.29) is 18.5 Å². The Morgan fingerprint density at radius 1 is 1.38 bits per heavy atom. The van der Waals surface area contributed by atoms with Crippen molar-refractivity contribution in [2.75, 3.05) is 46.8 Å². The summed E-state index contributed by atoms with van der Waals surface area (Å²) in [6, 6.07) is -0.201. The monoisotopic (exact) mass is 300 g/mol. The zero-order chi connectivity index (χ0) is 16.0. The molecule has 7 nitrogen and oxygen atoms in total. The van der Waals surface area contributed by atoms with Crippen molar-refractivity contribution in [3.63, 3.8) is 0 Å². The molecule has 0 bridgehead atoms. The number of carboxylic acids is 1. The Kier molecular flexibility index (Phi) is 6.91. The molecule has 0 spiro atoms. The van der Waals surface area contributed by atoms with Gasteiger partial charge in [-0.05, 0) is 27.9 Å². The molecule has 1 fully saturated rings. The summed E-state index contributed by atoms with van der Waals surface area (Å²) in [5, 5.41) is 11.8. The van der Waals surface area contributed by atoms with Gasteiger partial charge in [-0.1, -0.05) is 0 Å². The highest BCUT2D eigenvalue weighted by Gasteiger charge is 2.25. The fourth-order valence-electron chi connectivity index (χ4n) is 2.65. The van der Waals surface area contributed by atoms with Crippen molar-refractivity contribution in [2.45, 2.75) is 32.4 Å². The lowest BCUT2D eigenvalue weighted by atomic mass is 10.2. The van der Waals surface area contributed by atoms with E-state index < -0.39 is 5.97 Å². The molecule has 1 aliphatic rings. The van der Waals surface area contributed by atoms with E-state index in [1.54, 1.807) is 11.8 Å². The van der Waals surface area contributed by atoms with Gasteiger partial charge in [-0.2, -0.15) is 0 Å². The predicted molar refractivity (Wildman–Crippen MR) is 81.4 cm³/mol. The minimum Gasteiger partial charge on any atom is -0.481 e. The third-order valence-electron chi connectivity index (χ3n) is 4.07. The van der Waals surface area contributed by atoms with Crippen molar-refractivity contribution in [1.82, 2.24) is 20.0 Å². The Balaban J connectivity index is 2.48. The molecule has 0 saturated carbocycles. The number of piperazine rings is 1. The number of urea groups is 1. The van der Waals surface area contributed by atoms with E-state index >= 15 is 0 Å². The standard InChI is InChI=1S/C14H28N4O3/c1-5-18(11(2)8-13(19)20)14(21)15-9-12-10-16(3)6-7-17(12)4/h11-12H,5-10H2,1-4H3,(H,15,21)(H,19,20). The molecule has 2 atom stereocenters. The lowest BCUT2D eigenvalue weighted by Crippen LogP contribution is -2.56. The molecule has 122 valence electrons. The predicted octanol–water partition coefficient (Wildman–Crippen LogP) is 0.127. The maximum Gasteiger partial charge on any atom is 0.317 e. The van der Waals surface area contributed by atoms with E-state index in [4.69, 9.17) is 5.11 Å². The number of rotatable bonds is 6. The third kappa shape index (κ3) is 5.51. The molecule has 7 heteroatoms. The number of aliphatic carboxylic acids is 1. The molecule has 0 aromatic rings. The van der Waals surface area contributed by atoms with Crippen LogP contribution in [0.3, 0.4) is 0 Å². The Labute approximate surface area is 126 Å². The number of carboxylic acid groups (broad SMARTS) is 1. The molecular formula is C14H28N4O3. The van der Waals surface area contributed by atoms with Gasteiger partial charge in [0.15, 0.2) is 0 Å². The number of nitrogens with zero attached hydrogens (tertiary/aromatic N) is 3. The van der Waals surface area contributed by atoms with Gasteiger partial charge in [0.1, 0.15) is 0 Å². The molecule has 2 unspecified atom stereocenters. The van der Waals surface area contributed by atoms with Crippen LogP contribution in [0.1, 0.15) is 20.3 Å². The minimum atomic E-state index is -0.887. The van der Waals surface area contributed by atoms with Gasteiger partial charge >= 0.3 is 12.0 Å². The Morgan fingerprint density at radius 3 is 2.62 bits per heavy atom. The summed E-state index contributed by atoms with van der Waals surface area (Å²) >= 11 is 0. The van der Waals surface area contributed by atoms with Crippen LogP contribution in [0, 0.1) is 0 Å². The van der Waals surface area contributed by atoms with Crippen LogP contribution >= 0.6 is 0 Å². The lowest BCUT2D eigenvalue weighted by molar-refractivity contribution is -0.138. The highest BCUT2D eigenvalue weighted by molar-refractivity contribution is 5.75. The molecule has 1 aliphatic heterocycles. The Morgan fingerprint density at radius 2 is 2.05 bits per heavy atom. The number of hydrogen-bond donors (Lipinski definition) is 2. The fourth-order valence-corrected chi connectivity index (χ4v) is 2.65. The lowest BCUT2D eigenvalue weighted by Gasteiger charge is -2.38. The van der Waals surface area contributed by atoms with Crippen molar-refractivity contribution >= 4 is 12.0 Å². The highest BCUT2D eigenvalue weighted by atomic mass is 16.4. The first-order chi connectivity index (χ1) is 9.85. The summed E-state index contributed by atoms with van der Waals surface area (Å²) in [7, 11) is 4.14. The van der Waals surface area contributed by atoms with E-state index in [1.807, 2.05) is 6.92 Å². The van der Waals surface area contributed by atoms with Gasteiger partial charge in [0.05, 0.1) is 6.42 Å². The van der Waals surface area contributed by atoms with Crippen molar-refractivity contribution in [3.8, 4) is 0 Å². The van der Waals surface area contributed by atoms with Crippen LogP contribution in [0.25, 0.3) is 0 Å². The number of amides is 2. The zero-order valence-corrected chi connectivity index (χ0v) is 13.5. The molecule has 0 aromatic carbocycles.